The van der Waals surface area contributed by atoms with Gasteiger partial charge < -0.3 is 19.7 Å². The molecule has 0 fully saturated rings. The van der Waals surface area contributed by atoms with Crippen molar-refractivity contribution in [3.63, 3.8) is 0 Å². The smallest absolute Gasteiger partial charge is 0.236 e. The molecule has 1 N–H and O–H groups in total. The van der Waals surface area contributed by atoms with Gasteiger partial charge in [-0.1, -0.05) is 6.07 Å². The Hall–Kier alpha value is -1.75. The monoisotopic (exact) mass is 278 g/mol. The van der Waals surface area contributed by atoms with Crippen LogP contribution in [0.3, 0.4) is 0 Å². The van der Waals surface area contributed by atoms with Crippen molar-refractivity contribution in [1.82, 2.24) is 10.2 Å². The molecule has 1 aliphatic heterocycles. The van der Waals surface area contributed by atoms with Crippen LogP contribution >= 0.6 is 0 Å². The summed E-state index contributed by atoms with van der Waals surface area (Å²) in [6, 6.07) is 5.75. The molecule has 1 aromatic rings. The number of rotatable bonds is 4. The Morgan fingerprint density at radius 2 is 2.00 bits per heavy atom. The van der Waals surface area contributed by atoms with Gasteiger partial charge in [0, 0.05) is 19.1 Å². The van der Waals surface area contributed by atoms with E-state index in [1.54, 1.807) is 11.9 Å². The first kappa shape index (κ1) is 14.7. The van der Waals surface area contributed by atoms with Crippen molar-refractivity contribution in [2.45, 2.75) is 32.9 Å². The summed E-state index contributed by atoms with van der Waals surface area (Å²) in [5.41, 5.74) is 0.968. The van der Waals surface area contributed by atoms with Crippen molar-refractivity contribution >= 4 is 5.91 Å². The van der Waals surface area contributed by atoms with Crippen LogP contribution in [0.15, 0.2) is 18.2 Å². The largest absolute Gasteiger partial charge is 0.454 e. The van der Waals surface area contributed by atoms with Gasteiger partial charge in [0.15, 0.2) is 11.5 Å². The minimum absolute atomic E-state index is 0.0603. The lowest BCUT2D eigenvalue weighted by Gasteiger charge is -2.23. The number of nitrogens with one attached hydrogen (secondary N) is 1. The number of carbonyl (C=O) groups excluding carboxylic acids is 1. The lowest BCUT2D eigenvalue weighted by molar-refractivity contribution is -0.129. The number of hydrogen-bond acceptors (Lipinski definition) is 4. The molecule has 0 unspecified atom stereocenters. The fraction of sp³-hybridized carbons (Fsp3) is 0.533. The second-order valence-corrected chi connectivity index (χ2v) is 6.04. The van der Waals surface area contributed by atoms with Crippen LogP contribution < -0.4 is 14.8 Å². The van der Waals surface area contributed by atoms with Crippen molar-refractivity contribution in [2.75, 3.05) is 20.4 Å². The molecule has 5 nitrogen and oxygen atoms in total. The molecule has 0 bridgehead atoms. The number of amides is 1. The summed E-state index contributed by atoms with van der Waals surface area (Å²) < 4.78 is 10.6. The van der Waals surface area contributed by atoms with Crippen LogP contribution in [0.25, 0.3) is 0 Å². The molecule has 20 heavy (non-hydrogen) atoms. The quantitative estimate of drug-likeness (QED) is 0.912. The van der Waals surface area contributed by atoms with Crippen LogP contribution in [-0.2, 0) is 11.3 Å². The third kappa shape index (κ3) is 3.87. The highest BCUT2D eigenvalue weighted by Gasteiger charge is 2.17. The van der Waals surface area contributed by atoms with Crippen LogP contribution in [0.4, 0.5) is 0 Å². The number of likely N-dealkylation sites (N-methyl/N-ethyl adjacent to an activating group) is 1. The second-order valence-electron chi connectivity index (χ2n) is 6.04. The van der Waals surface area contributed by atoms with Gasteiger partial charge in [-0.05, 0) is 38.5 Å². The van der Waals surface area contributed by atoms with Gasteiger partial charge in [0.05, 0.1) is 6.54 Å². The molecule has 0 radical (unpaired) electrons. The highest BCUT2D eigenvalue weighted by Crippen LogP contribution is 2.32. The zero-order valence-corrected chi connectivity index (χ0v) is 12.5. The maximum atomic E-state index is 12.0. The first-order valence-corrected chi connectivity index (χ1v) is 6.73. The highest BCUT2D eigenvalue weighted by molar-refractivity contribution is 5.78. The van der Waals surface area contributed by atoms with Gasteiger partial charge in [0.25, 0.3) is 0 Å². The maximum absolute atomic E-state index is 12.0. The van der Waals surface area contributed by atoms with Crippen LogP contribution in [0.2, 0.25) is 0 Å². The first-order valence-electron chi connectivity index (χ1n) is 6.73. The Balaban J connectivity index is 1.90. The van der Waals surface area contributed by atoms with Crippen molar-refractivity contribution < 1.29 is 14.3 Å². The van der Waals surface area contributed by atoms with E-state index in [2.05, 4.69) is 5.32 Å². The van der Waals surface area contributed by atoms with Gasteiger partial charge in [0.2, 0.25) is 12.7 Å². The summed E-state index contributed by atoms with van der Waals surface area (Å²) >= 11 is 0. The Labute approximate surface area is 119 Å². The number of fused-ring (bicyclic) bond motifs is 1. The summed E-state index contributed by atoms with van der Waals surface area (Å²) in [7, 11) is 1.80. The van der Waals surface area contributed by atoms with Gasteiger partial charge in [-0.15, -0.1) is 0 Å². The number of benzene rings is 1. The molecule has 0 aromatic heterocycles. The molecule has 5 heteroatoms. The molecule has 1 amide bonds. The van der Waals surface area contributed by atoms with E-state index in [0.29, 0.717) is 13.1 Å². The third-order valence-corrected chi connectivity index (χ3v) is 3.05. The van der Waals surface area contributed by atoms with Crippen LogP contribution in [0.5, 0.6) is 11.5 Å². The zero-order valence-electron chi connectivity index (χ0n) is 12.5. The molecule has 0 saturated carbocycles. The Kier molecular flexibility index (Phi) is 4.18. The molecular weight excluding hydrogens is 256 g/mol. The third-order valence-electron chi connectivity index (χ3n) is 3.05. The first-order chi connectivity index (χ1) is 9.35. The zero-order chi connectivity index (χ0) is 14.8. The number of ether oxygens (including phenoxy) is 2. The maximum Gasteiger partial charge on any atom is 0.236 e. The Morgan fingerprint density at radius 1 is 1.30 bits per heavy atom. The van der Waals surface area contributed by atoms with E-state index in [1.807, 2.05) is 39.0 Å². The molecule has 0 atom stereocenters. The summed E-state index contributed by atoms with van der Waals surface area (Å²) in [6.45, 7) is 7.28. The van der Waals surface area contributed by atoms with Gasteiger partial charge in [-0.25, -0.2) is 0 Å². The molecule has 110 valence electrons. The van der Waals surface area contributed by atoms with Crippen molar-refractivity contribution in [1.29, 1.82) is 0 Å². The molecule has 0 spiro atoms. The van der Waals surface area contributed by atoms with Gasteiger partial charge in [-0.2, -0.15) is 0 Å². The molecular formula is C15H22N2O3. The lowest BCUT2D eigenvalue weighted by atomic mass is 10.1. The average molecular weight is 278 g/mol. The summed E-state index contributed by atoms with van der Waals surface area (Å²) in [6.07, 6.45) is 0. The van der Waals surface area contributed by atoms with E-state index in [-0.39, 0.29) is 18.2 Å². The summed E-state index contributed by atoms with van der Waals surface area (Å²) in [4.78, 5) is 13.7. The SMILES string of the molecule is CN(Cc1ccc2c(c1)OCO2)C(=O)CNC(C)(C)C. The number of hydrogen-bond donors (Lipinski definition) is 1. The Morgan fingerprint density at radius 3 is 2.70 bits per heavy atom. The molecule has 0 aliphatic carbocycles. The average Bonchev–Trinajstić information content (AvgIpc) is 2.82. The van der Waals surface area contributed by atoms with E-state index >= 15 is 0 Å². The molecule has 2 rings (SSSR count). The molecule has 1 aliphatic rings. The normalized spacial score (nSPS) is 13.4. The van der Waals surface area contributed by atoms with Crippen LogP contribution in [-0.4, -0.2) is 36.7 Å². The Bertz CT molecular complexity index is 494. The van der Waals surface area contributed by atoms with Gasteiger partial charge in [-0.3, -0.25) is 4.79 Å². The number of nitrogens with zero attached hydrogens (tertiary/aromatic N) is 1. The topological polar surface area (TPSA) is 50.8 Å². The lowest BCUT2D eigenvalue weighted by Crippen LogP contribution is -2.43. The van der Waals surface area contributed by atoms with E-state index < -0.39 is 0 Å². The fourth-order valence-electron chi connectivity index (χ4n) is 1.88. The predicted molar refractivity (Wildman–Crippen MR) is 76.8 cm³/mol. The molecule has 1 heterocycles. The van der Waals surface area contributed by atoms with E-state index in [9.17, 15) is 4.79 Å². The summed E-state index contributed by atoms with van der Waals surface area (Å²) in [5.74, 6) is 1.57. The van der Waals surface area contributed by atoms with Crippen molar-refractivity contribution in [3.05, 3.63) is 23.8 Å². The van der Waals surface area contributed by atoms with Gasteiger partial charge >= 0.3 is 0 Å². The molecule has 1 aromatic carbocycles. The van der Waals surface area contributed by atoms with Crippen LogP contribution in [0.1, 0.15) is 26.3 Å². The van der Waals surface area contributed by atoms with Crippen molar-refractivity contribution in [2.24, 2.45) is 0 Å². The number of carbonyl (C=O) groups is 1. The minimum atomic E-state index is -0.0603. The molecule has 0 saturated heterocycles. The van der Waals surface area contributed by atoms with E-state index in [1.165, 1.54) is 0 Å². The predicted octanol–water partition coefficient (Wildman–Crippen LogP) is 1.76. The van der Waals surface area contributed by atoms with E-state index in [4.69, 9.17) is 9.47 Å². The minimum Gasteiger partial charge on any atom is -0.454 e. The highest BCUT2D eigenvalue weighted by atomic mass is 16.7. The van der Waals surface area contributed by atoms with Crippen molar-refractivity contribution in [3.8, 4) is 11.5 Å². The standard InChI is InChI=1S/C15H22N2O3/c1-15(2,3)16-8-14(18)17(4)9-11-5-6-12-13(7-11)20-10-19-12/h5-7,16H,8-10H2,1-4H3. The summed E-state index contributed by atoms with van der Waals surface area (Å²) in [5, 5.41) is 3.19. The van der Waals surface area contributed by atoms with E-state index in [0.717, 1.165) is 17.1 Å². The second kappa shape index (κ2) is 5.71. The van der Waals surface area contributed by atoms with Gasteiger partial charge in [0.1, 0.15) is 0 Å². The van der Waals surface area contributed by atoms with Crippen LogP contribution in [0, 0.1) is 0 Å². The fourth-order valence-corrected chi connectivity index (χ4v) is 1.88.